The van der Waals surface area contributed by atoms with Gasteiger partial charge in [-0.3, -0.25) is 4.90 Å². The third kappa shape index (κ3) is 2.64. The zero-order valence-electron chi connectivity index (χ0n) is 10.3. The maximum absolute atomic E-state index is 5.99. The molecule has 2 rings (SSSR count). The van der Waals surface area contributed by atoms with Crippen LogP contribution < -0.4 is 0 Å². The molecule has 94 valence electrons. The molecule has 3 unspecified atom stereocenters. The molecule has 6 heteroatoms. The lowest BCUT2D eigenvalue weighted by atomic mass is 10.3. The van der Waals surface area contributed by atoms with E-state index in [-0.39, 0.29) is 12.2 Å². The number of fused-ring (bicyclic) bond motifs is 2. The predicted molar refractivity (Wildman–Crippen MR) is 61.1 cm³/mol. The van der Waals surface area contributed by atoms with Gasteiger partial charge in [-0.25, -0.2) is 0 Å². The van der Waals surface area contributed by atoms with E-state index in [1.807, 2.05) is 0 Å². The Labute approximate surface area is 98.0 Å². The standard InChI is InChI=1S/C10H21NO4Si/c1-4-11-5-9(2)14-16(12-3)8-13-7-10(6-11)15-16/h9-10H,4-8H2,1-3H3. The van der Waals surface area contributed by atoms with Gasteiger partial charge in [-0.05, 0) is 13.5 Å². The highest BCUT2D eigenvalue weighted by Gasteiger charge is 2.49. The summed E-state index contributed by atoms with van der Waals surface area (Å²) in [6.07, 6.45) is 0.707. The van der Waals surface area contributed by atoms with E-state index in [4.69, 9.17) is 18.0 Å². The Kier molecular flexibility index (Phi) is 3.99. The highest BCUT2D eigenvalue weighted by atomic mass is 28.4. The molecule has 2 bridgehead atoms. The number of hydrogen-bond acceptors (Lipinski definition) is 5. The maximum Gasteiger partial charge on any atom is 0.528 e. The van der Waals surface area contributed by atoms with Crippen molar-refractivity contribution in [3.8, 4) is 0 Å². The van der Waals surface area contributed by atoms with Crippen molar-refractivity contribution < 1.29 is 18.0 Å². The molecule has 16 heavy (non-hydrogen) atoms. The highest BCUT2D eigenvalue weighted by molar-refractivity contribution is 6.60. The summed E-state index contributed by atoms with van der Waals surface area (Å²) in [4.78, 5) is 2.33. The fourth-order valence-electron chi connectivity index (χ4n) is 2.27. The van der Waals surface area contributed by atoms with E-state index in [9.17, 15) is 0 Å². The van der Waals surface area contributed by atoms with Gasteiger partial charge in [0.1, 0.15) is 6.23 Å². The molecule has 0 radical (unpaired) electrons. The van der Waals surface area contributed by atoms with Crippen LogP contribution in [0.25, 0.3) is 0 Å². The first-order valence-corrected chi connectivity index (χ1v) is 7.81. The van der Waals surface area contributed by atoms with Crippen LogP contribution in [0.5, 0.6) is 0 Å². The Bertz CT molecular complexity index is 239. The first-order chi connectivity index (χ1) is 7.67. The number of ether oxygens (including phenoxy) is 1. The predicted octanol–water partition coefficient (Wildman–Crippen LogP) is 0.267. The second kappa shape index (κ2) is 5.12. The van der Waals surface area contributed by atoms with Crippen LogP contribution in [0.2, 0.25) is 0 Å². The summed E-state index contributed by atoms with van der Waals surface area (Å²) >= 11 is 0. The lowest BCUT2D eigenvalue weighted by Gasteiger charge is -2.42. The van der Waals surface area contributed by atoms with Gasteiger partial charge in [0.05, 0.1) is 18.8 Å². The molecule has 0 aromatic heterocycles. The smallest absolute Gasteiger partial charge is 0.375 e. The monoisotopic (exact) mass is 247 g/mol. The Morgan fingerprint density at radius 1 is 1.38 bits per heavy atom. The normalized spacial score (nSPS) is 41.4. The van der Waals surface area contributed by atoms with Gasteiger partial charge in [-0.2, -0.15) is 0 Å². The fourth-order valence-corrected chi connectivity index (χ4v) is 4.48. The van der Waals surface area contributed by atoms with Gasteiger partial charge in [-0.15, -0.1) is 0 Å². The number of nitrogens with zero attached hydrogens (tertiary/aromatic N) is 1. The molecule has 2 saturated heterocycles. The van der Waals surface area contributed by atoms with Crippen molar-refractivity contribution in [3.05, 3.63) is 0 Å². The Balaban J connectivity index is 2.09. The molecule has 2 aliphatic heterocycles. The summed E-state index contributed by atoms with van der Waals surface area (Å²) in [7, 11) is -0.887. The minimum Gasteiger partial charge on any atom is -0.375 e. The van der Waals surface area contributed by atoms with E-state index in [0.29, 0.717) is 12.8 Å². The highest BCUT2D eigenvalue weighted by Crippen LogP contribution is 2.22. The van der Waals surface area contributed by atoms with Crippen molar-refractivity contribution in [3.63, 3.8) is 0 Å². The summed E-state index contributed by atoms with van der Waals surface area (Å²) in [6, 6.07) is 0. The third-order valence-electron chi connectivity index (χ3n) is 3.04. The van der Waals surface area contributed by atoms with Crippen molar-refractivity contribution in [1.29, 1.82) is 0 Å². The van der Waals surface area contributed by atoms with E-state index in [1.54, 1.807) is 7.11 Å². The molecule has 0 saturated carbocycles. The number of rotatable bonds is 2. The summed E-state index contributed by atoms with van der Waals surface area (Å²) in [5, 5.41) is 0. The molecule has 0 spiro atoms. The third-order valence-corrected chi connectivity index (χ3v) is 5.68. The van der Waals surface area contributed by atoms with E-state index in [0.717, 1.165) is 19.6 Å². The number of hydrogen-bond donors (Lipinski definition) is 0. The molecular weight excluding hydrogens is 226 g/mol. The van der Waals surface area contributed by atoms with Gasteiger partial charge in [0.15, 0.2) is 0 Å². The minimum absolute atomic E-state index is 0.0906. The number of likely N-dealkylation sites (N-methyl/N-ethyl adjacent to an activating group) is 1. The van der Waals surface area contributed by atoms with E-state index >= 15 is 0 Å². The average Bonchev–Trinajstić information content (AvgIpc) is 2.27. The van der Waals surface area contributed by atoms with Gasteiger partial charge < -0.3 is 18.0 Å². The van der Waals surface area contributed by atoms with Crippen molar-refractivity contribution >= 4 is 8.80 Å². The summed E-state index contributed by atoms with van der Waals surface area (Å²) in [5.74, 6) is 0. The Morgan fingerprint density at radius 2 is 2.19 bits per heavy atom. The molecule has 3 atom stereocenters. The zero-order valence-corrected chi connectivity index (χ0v) is 11.3. The molecule has 2 heterocycles. The molecule has 0 aromatic carbocycles. The summed E-state index contributed by atoms with van der Waals surface area (Å²) < 4.78 is 23.0. The minimum atomic E-state index is -2.54. The van der Waals surface area contributed by atoms with Gasteiger partial charge in [0.2, 0.25) is 0 Å². The van der Waals surface area contributed by atoms with Crippen molar-refractivity contribution in [2.75, 3.05) is 39.6 Å². The Hall–Kier alpha value is 0.0169. The van der Waals surface area contributed by atoms with Crippen LogP contribution in [0.1, 0.15) is 13.8 Å². The molecule has 0 aromatic rings. The fraction of sp³-hybridized carbons (Fsp3) is 1.00. The molecule has 0 amide bonds. The molecule has 2 aliphatic rings. The van der Waals surface area contributed by atoms with Crippen LogP contribution in [0.3, 0.4) is 0 Å². The average molecular weight is 247 g/mol. The molecule has 2 fully saturated rings. The summed E-state index contributed by atoms with van der Waals surface area (Å²) in [6.45, 7) is 7.71. The van der Waals surface area contributed by atoms with Gasteiger partial charge >= 0.3 is 8.80 Å². The zero-order chi connectivity index (χ0) is 11.6. The van der Waals surface area contributed by atoms with Crippen molar-refractivity contribution in [2.45, 2.75) is 26.1 Å². The van der Waals surface area contributed by atoms with Crippen LogP contribution in [-0.4, -0.2) is 65.5 Å². The van der Waals surface area contributed by atoms with Gasteiger partial charge in [-0.1, -0.05) is 6.92 Å². The molecule has 5 nitrogen and oxygen atoms in total. The SMILES string of the molecule is CCN1CC(C)O[Si]2(OC)COCC(C1)O2. The molecular formula is C10H21NO4Si. The summed E-state index contributed by atoms with van der Waals surface area (Å²) in [5.41, 5.74) is 0. The van der Waals surface area contributed by atoms with E-state index in [1.165, 1.54) is 0 Å². The Morgan fingerprint density at radius 3 is 2.88 bits per heavy atom. The van der Waals surface area contributed by atoms with Crippen LogP contribution in [0, 0.1) is 0 Å². The van der Waals surface area contributed by atoms with Crippen LogP contribution in [-0.2, 0) is 18.0 Å². The molecule has 0 N–H and O–H groups in total. The van der Waals surface area contributed by atoms with Crippen LogP contribution >= 0.6 is 0 Å². The van der Waals surface area contributed by atoms with Crippen LogP contribution in [0.4, 0.5) is 0 Å². The topological polar surface area (TPSA) is 40.2 Å². The van der Waals surface area contributed by atoms with E-state index < -0.39 is 8.80 Å². The largest absolute Gasteiger partial charge is 0.528 e. The van der Waals surface area contributed by atoms with Gasteiger partial charge in [0.25, 0.3) is 0 Å². The van der Waals surface area contributed by atoms with Gasteiger partial charge in [0, 0.05) is 20.2 Å². The maximum atomic E-state index is 5.99. The first-order valence-electron chi connectivity index (χ1n) is 5.88. The second-order valence-electron chi connectivity index (χ2n) is 4.42. The lowest BCUT2D eigenvalue weighted by molar-refractivity contribution is -0.0974. The first kappa shape index (κ1) is 12.5. The van der Waals surface area contributed by atoms with Crippen LogP contribution in [0.15, 0.2) is 0 Å². The second-order valence-corrected chi connectivity index (χ2v) is 6.96. The molecule has 0 aliphatic carbocycles. The van der Waals surface area contributed by atoms with E-state index in [2.05, 4.69) is 18.7 Å². The lowest BCUT2D eigenvalue weighted by Crippen LogP contribution is -2.62. The quantitative estimate of drug-likeness (QED) is 0.655. The van der Waals surface area contributed by atoms with Crippen molar-refractivity contribution in [1.82, 2.24) is 4.90 Å². The van der Waals surface area contributed by atoms with Crippen molar-refractivity contribution in [2.24, 2.45) is 0 Å².